The minimum atomic E-state index is 0.366. The SMILES string of the molecule is CC(CN)CNO. The maximum Gasteiger partial charge on any atom is 0.0245 e. The topological polar surface area (TPSA) is 58.3 Å². The molecule has 0 rings (SSSR count). The number of nitrogens with two attached hydrogens (primary N) is 1. The van der Waals surface area contributed by atoms with Crippen LogP contribution in [-0.4, -0.2) is 18.3 Å². The average Bonchev–Trinajstić information content (AvgIpc) is 1.68. The molecule has 0 amide bonds. The summed E-state index contributed by atoms with van der Waals surface area (Å²) in [5, 5.41) is 8.06. The zero-order valence-corrected chi connectivity index (χ0v) is 4.52. The zero-order chi connectivity index (χ0) is 5.70. The molecule has 7 heavy (non-hydrogen) atoms. The Balaban J connectivity index is 2.83. The van der Waals surface area contributed by atoms with Crippen molar-refractivity contribution >= 4 is 0 Å². The van der Waals surface area contributed by atoms with Gasteiger partial charge in [0.25, 0.3) is 0 Å². The molecule has 3 nitrogen and oxygen atoms in total. The summed E-state index contributed by atoms with van der Waals surface area (Å²) in [7, 11) is 0. The van der Waals surface area contributed by atoms with Gasteiger partial charge in [0.2, 0.25) is 0 Å². The van der Waals surface area contributed by atoms with E-state index in [0.29, 0.717) is 19.0 Å². The van der Waals surface area contributed by atoms with Crippen molar-refractivity contribution in [3.05, 3.63) is 0 Å². The molecule has 0 aromatic rings. The van der Waals surface area contributed by atoms with Crippen LogP contribution < -0.4 is 11.2 Å². The monoisotopic (exact) mass is 104 g/mol. The summed E-state index contributed by atoms with van der Waals surface area (Å²) in [6.07, 6.45) is 0. The third-order valence-corrected chi connectivity index (χ3v) is 0.842. The predicted molar refractivity (Wildman–Crippen MR) is 28.0 cm³/mol. The molecule has 4 N–H and O–H groups in total. The van der Waals surface area contributed by atoms with E-state index in [1.165, 1.54) is 0 Å². The van der Waals surface area contributed by atoms with E-state index in [0.717, 1.165) is 0 Å². The van der Waals surface area contributed by atoms with Crippen molar-refractivity contribution in [1.82, 2.24) is 5.48 Å². The van der Waals surface area contributed by atoms with Crippen LogP contribution in [0, 0.1) is 5.92 Å². The summed E-state index contributed by atoms with van der Waals surface area (Å²) in [6, 6.07) is 0. The Bertz CT molecular complexity index is 40.7. The van der Waals surface area contributed by atoms with Crippen LogP contribution in [0.3, 0.4) is 0 Å². The third-order valence-electron chi connectivity index (χ3n) is 0.842. The first-order chi connectivity index (χ1) is 3.31. The van der Waals surface area contributed by atoms with Crippen molar-refractivity contribution in [3.63, 3.8) is 0 Å². The summed E-state index contributed by atoms with van der Waals surface area (Å²) in [5.41, 5.74) is 7.25. The lowest BCUT2D eigenvalue weighted by molar-refractivity contribution is 0.153. The second kappa shape index (κ2) is 4.05. The molecule has 0 aromatic heterocycles. The van der Waals surface area contributed by atoms with E-state index in [-0.39, 0.29) is 0 Å². The minimum absolute atomic E-state index is 0.366. The standard InChI is InChI=1S/C4H12N2O/c1-4(2-5)3-6-7/h4,6-7H,2-3,5H2,1H3. The smallest absolute Gasteiger partial charge is 0.0245 e. The Morgan fingerprint density at radius 1 is 1.86 bits per heavy atom. The molecule has 1 unspecified atom stereocenters. The van der Waals surface area contributed by atoms with Crippen LogP contribution in [0.25, 0.3) is 0 Å². The largest absolute Gasteiger partial charge is 0.330 e. The molecule has 3 heteroatoms. The van der Waals surface area contributed by atoms with Crippen molar-refractivity contribution in [2.75, 3.05) is 13.1 Å². The summed E-state index contributed by atoms with van der Waals surface area (Å²) >= 11 is 0. The van der Waals surface area contributed by atoms with Gasteiger partial charge in [0.05, 0.1) is 0 Å². The van der Waals surface area contributed by atoms with Crippen molar-refractivity contribution < 1.29 is 5.21 Å². The van der Waals surface area contributed by atoms with Crippen molar-refractivity contribution in [2.24, 2.45) is 11.7 Å². The normalized spacial score (nSPS) is 14.1. The molecule has 44 valence electrons. The van der Waals surface area contributed by atoms with Crippen LogP contribution in [0.2, 0.25) is 0 Å². The van der Waals surface area contributed by atoms with Crippen molar-refractivity contribution in [3.8, 4) is 0 Å². The Kier molecular flexibility index (Phi) is 3.98. The third kappa shape index (κ3) is 3.72. The lowest BCUT2D eigenvalue weighted by atomic mass is 10.2. The van der Waals surface area contributed by atoms with Crippen LogP contribution in [0.4, 0.5) is 0 Å². The van der Waals surface area contributed by atoms with E-state index in [1.807, 2.05) is 12.4 Å². The molecule has 0 aliphatic heterocycles. The number of hydrogen-bond acceptors (Lipinski definition) is 3. The van der Waals surface area contributed by atoms with E-state index in [2.05, 4.69) is 0 Å². The molecular weight excluding hydrogens is 92.1 g/mol. The Morgan fingerprint density at radius 3 is 2.57 bits per heavy atom. The highest BCUT2D eigenvalue weighted by molar-refractivity contribution is 4.50. The van der Waals surface area contributed by atoms with Crippen molar-refractivity contribution in [1.29, 1.82) is 0 Å². The highest BCUT2D eigenvalue weighted by Gasteiger charge is 1.93. The Hall–Kier alpha value is -0.120. The molecule has 0 aliphatic rings. The molecule has 0 radical (unpaired) electrons. The van der Waals surface area contributed by atoms with E-state index in [4.69, 9.17) is 10.9 Å². The molecule has 0 fully saturated rings. The number of nitrogens with one attached hydrogen (secondary N) is 1. The first-order valence-electron chi connectivity index (χ1n) is 2.38. The van der Waals surface area contributed by atoms with Crippen LogP contribution in [0.15, 0.2) is 0 Å². The Morgan fingerprint density at radius 2 is 2.43 bits per heavy atom. The van der Waals surface area contributed by atoms with Crippen LogP contribution in [0.5, 0.6) is 0 Å². The molecule has 0 spiro atoms. The zero-order valence-electron chi connectivity index (χ0n) is 4.52. The van der Waals surface area contributed by atoms with Gasteiger partial charge in [-0.05, 0) is 12.5 Å². The van der Waals surface area contributed by atoms with Gasteiger partial charge in [-0.2, -0.15) is 0 Å². The van der Waals surface area contributed by atoms with Crippen LogP contribution in [-0.2, 0) is 0 Å². The molecule has 0 heterocycles. The second-order valence-electron chi connectivity index (χ2n) is 1.70. The van der Waals surface area contributed by atoms with Gasteiger partial charge in [-0.3, -0.25) is 0 Å². The second-order valence-corrected chi connectivity index (χ2v) is 1.70. The van der Waals surface area contributed by atoms with Gasteiger partial charge in [0.15, 0.2) is 0 Å². The van der Waals surface area contributed by atoms with Crippen molar-refractivity contribution in [2.45, 2.75) is 6.92 Å². The number of hydrogen-bond donors (Lipinski definition) is 3. The molecule has 0 saturated heterocycles. The summed E-state index contributed by atoms with van der Waals surface area (Å²) in [5.74, 6) is 0.366. The predicted octanol–water partition coefficient (Wildman–Crippen LogP) is -0.440. The molecule has 0 saturated carbocycles. The highest BCUT2D eigenvalue weighted by atomic mass is 16.5. The molecule has 0 bridgehead atoms. The van der Waals surface area contributed by atoms with E-state index in [9.17, 15) is 0 Å². The van der Waals surface area contributed by atoms with Gasteiger partial charge in [-0.25, -0.2) is 5.48 Å². The maximum atomic E-state index is 8.06. The summed E-state index contributed by atoms with van der Waals surface area (Å²) < 4.78 is 0. The first kappa shape index (κ1) is 6.88. The summed E-state index contributed by atoms with van der Waals surface area (Å²) in [6.45, 7) is 3.16. The maximum absolute atomic E-state index is 8.06. The fourth-order valence-electron chi connectivity index (χ4n) is 0.239. The van der Waals surface area contributed by atoms with Gasteiger partial charge in [-0.15, -0.1) is 0 Å². The highest BCUT2D eigenvalue weighted by Crippen LogP contribution is 1.83. The Labute approximate surface area is 43.5 Å². The molecular formula is C4H12N2O. The molecule has 0 aromatic carbocycles. The van der Waals surface area contributed by atoms with Crippen LogP contribution in [0.1, 0.15) is 6.92 Å². The minimum Gasteiger partial charge on any atom is -0.330 e. The van der Waals surface area contributed by atoms with Gasteiger partial charge < -0.3 is 10.9 Å². The van der Waals surface area contributed by atoms with Gasteiger partial charge >= 0.3 is 0 Å². The first-order valence-corrected chi connectivity index (χ1v) is 2.38. The van der Waals surface area contributed by atoms with Gasteiger partial charge in [0, 0.05) is 6.54 Å². The van der Waals surface area contributed by atoms with E-state index < -0.39 is 0 Å². The lowest BCUT2D eigenvalue weighted by Crippen LogP contribution is -2.23. The molecule has 0 aliphatic carbocycles. The number of rotatable bonds is 3. The average molecular weight is 104 g/mol. The van der Waals surface area contributed by atoms with Crippen LogP contribution >= 0.6 is 0 Å². The summed E-state index contributed by atoms with van der Waals surface area (Å²) in [4.78, 5) is 0. The number of hydroxylamine groups is 1. The van der Waals surface area contributed by atoms with E-state index >= 15 is 0 Å². The van der Waals surface area contributed by atoms with Gasteiger partial charge in [-0.1, -0.05) is 6.92 Å². The quantitative estimate of drug-likeness (QED) is 0.425. The fraction of sp³-hybridized carbons (Fsp3) is 1.00. The lowest BCUT2D eigenvalue weighted by Gasteiger charge is -2.03. The van der Waals surface area contributed by atoms with Gasteiger partial charge in [0.1, 0.15) is 0 Å². The fourth-order valence-corrected chi connectivity index (χ4v) is 0.239. The molecule has 1 atom stereocenters. The van der Waals surface area contributed by atoms with E-state index in [1.54, 1.807) is 0 Å².